The van der Waals surface area contributed by atoms with Gasteiger partial charge in [-0.05, 0) is 42.7 Å². The number of piperidine rings is 1. The summed E-state index contributed by atoms with van der Waals surface area (Å²) in [5.41, 5.74) is 1.15. The summed E-state index contributed by atoms with van der Waals surface area (Å²) in [6, 6.07) is 7.04. The molecule has 0 aliphatic carbocycles. The highest BCUT2D eigenvalue weighted by Gasteiger charge is 2.44. The first-order valence-corrected chi connectivity index (χ1v) is 11.2. The molecule has 2 aromatic heterocycles. The van der Waals surface area contributed by atoms with Gasteiger partial charge >= 0.3 is 24.3 Å². The molecule has 1 spiro atoms. The molecule has 1 unspecified atom stereocenters. The van der Waals surface area contributed by atoms with E-state index in [1.165, 1.54) is 11.6 Å². The van der Waals surface area contributed by atoms with Gasteiger partial charge in [0.05, 0.1) is 12.2 Å². The number of hydrogen-bond acceptors (Lipinski definition) is 7. The molecule has 0 saturated carbocycles. The number of pyridine rings is 2. The number of alkyl halides is 6. The van der Waals surface area contributed by atoms with E-state index in [9.17, 15) is 30.7 Å². The van der Waals surface area contributed by atoms with Crippen molar-refractivity contribution in [2.75, 3.05) is 19.7 Å². The Balaban J connectivity index is 0.000000317. The van der Waals surface area contributed by atoms with Crippen LogP contribution in [-0.4, -0.2) is 80.8 Å². The lowest BCUT2D eigenvalue weighted by atomic mass is 9.88. The van der Waals surface area contributed by atoms with E-state index < -0.39 is 30.1 Å². The van der Waals surface area contributed by atoms with Crippen LogP contribution in [0.5, 0.6) is 5.88 Å². The molecular formula is C23H24F7N3O6. The second-order valence-corrected chi connectivity index (χ2v) is 8.47. The number of aliphatic carboxylic acids is 2. The van der Waals surface area contributed by atoms with E-state index in [1.54, 1.807) is 12.3 Å². The smallest absolute Gasteiger partial charge is 0.475 e. The van der Waals surface area contributed by atoms with Gasteiger partial charge in [-0.15, -0.1) is 0 Å². The van der Waals surface area contributed by atoms with Crippen LogP contribution in [0.3, 0.4) is 0 Å². The Bertz CT molecular complexity index is 1050. The van der Waals surface area contributed by atoms with Crippen molar-refractivity contribution in [3.63, 3.8) is 0 Å². The minimum atomic E-state index is -5.08. The van der Waals surface area contributed by atoms with Gasteiger partial charge in [0.25, 0.3) is 5.88 Å². The molecule has 4 rings (SSSR count). The van der Waals surface area contributed by atoms with Crippen molar-refractivity contribution in [2.24, 2.45) is 0 Å². The van der Waals surface area contributed by atoms with Crippen LogP contribution in [0, 0.1) is 5.82 Å². The molecule has 0 bridgehead atoms. The molecule has 0 aromatic carbocycles. The first-order valence-electron chi connectivity index (χ1n) is 11.2. The standard InChI is InChI=1S/C19H22FN3O2.2C2HF3O2/c20-17-2-1-7-22-18(17)25-16-12-19(24-14-16)5-10-23(11-6-19)13-15-3-8-21-9-4-15;2*3-2(4,5)1(6)7/h1-4,7-9,16H,5-6,10-14H2;2*(H,6,7). The normalized spacial score (nSPS) is 18.8. The first-order chi connectivity index (χ1) is 18.1. The van der Waals surface area contributed by atoms with Crippen molar-refractivity contribution in [2.45, 2.75) is 49.9 Å². The van der Waals surface area contributed by atoms with Crippen LogP contribution in [0.1, 0.15) is 24.8 Å². The predicted octanol–water partition coefficient (Wildman–Crippen LogP) is 4.08. The Labute approximate surface area is 217 Å². The highest BCUT2D eigenvalue weighted by molar-refractivity contribution is 5.73. The largest absolute Gasteiger partial charge is 0.490 e. The first kappa shape index (κ1) is 31.7. The SMILES string of the molecule is Fc1cccnc1OC1COC2(CCN(Cc3ccncc3)CC2)C1.O=C(O)C(F)(F)F.O=C(O)C(F)(F)F. The fourth-order valence-electron chi connectivity index (χ4n) is 3.71. The summed E-state index contributed by atoms with van der Waals surface area (Å²) in [7, 11) is 0. The minimum Gasteiger partial charge on any atom is -0.475 e. The molecule has 2 N–H and O–H groups in total. The van der Waals surface area contributed by atoms with Crippen LogP contribution < -0.4 is 4.74 Å². The van der Waals surface area contributed by atoms with Gasteiger partial charge in [0, 0.05) is 44.6 Å². The molecule has 4 heterocycles. The molecule has 39 heavy (non-hydrogen) atoms. The average molecular weight is 571 g/mol. The Morgan fingerprint density at radius 3 is 2.03 bits per heavy atom. The number of likely N-dealkylation sites (tertiary alicyclic amines) is 1. The Morgan fingerprint density at radius 1 is 1.00 bits per heavy atom. The number of hydrogen-bond donors (Lipinski definition) is 2. The van der Waals surface area contributed by atoms with E-state index in [1.807, 2.05) is 12.4 Å². The van der Waals surface area contributed by atoms with Crippen LogP contribution >= 0.6 is 0 Å². The summed E-state index contributed by atoms with van der Waals surface area (Å²) in [5, 5.41) is 14.2. The van der Waals surface area contributed by atoms with Crippen LogP contribution in [0.2, 0.25) is 0 Å². The van der Waals surface area contributed by atoms with Crippen LogP contribution in [0.15, 0.2) is 42.9 Å². The number of rotatable bonds is 4. The molecular weight excluding hydrogens is 547 g/mol. The summed E-state index contributed by atoms with van der Waals surface area (Å²) in [4.78, 5) is 28.3. The van der Waals surface area contributed by atoms with E-state index in [0.717, 1.165) is 38.9 Å². The Kier molecular flexibility index (Phi) is 11.0. The molecule has 1 atom stereocenters. The quantitative estimate of drug-likeness (QED) is 0.523. The zero-order valence-corrected chi connectivity index (χ0v) is 20.1. The third-order valence-electron chi connectivity index (χ3n) is 5.59. The summed E-state index contributed by atoms with van der Waals surface area (Å²) < 4.78 is 89.0. The predicted molar refractivity (Wildman–Crippen MR) is 118 cm³/mol. The number of nitrogens with zero attached hydrogens (tertiary/aromatic N) is 3. The molecule has 0 radical (unpaired) electrons. The number of carbonyl (C=O) groups is 2. The van der Waals surface area contributed by atoms with E-state index in [-0.39, 0.29) is 17.6 Å². The maximum atomic E-state index is 13.7. The molecule has 2 aliphatic heterocycles. The number of aromatic nitrogens is 2. The van der Waals surface area contributed by atoms with Gasteiger partial charge in [-0.25, -0.2) is 19.0 Å². The van der Waals surface area contributed by atoms with Gasteiger partial charge in [0.15, 0.2) is 5.82 Å². The van der Waals surface area contributed by atoms with Gasteiger partial charge in [0.1, 0.15) is 6.10 Å². The summed E-state index contributed by atoms with van der Waals surface area (Å²) in [6.07, 6.45) is -2.34. The Hall–Kier alpha value is -3.53. The number of carboxylic acids is 2. The average Bonchev–Trinajstić information content (AvgIpc) is 3.24. The fraction of sp³-hybridized carbons (Fsp3) is 0.478. The van der Waals surface area contributed by atoms with Crippen LogP contribution in [0.4, 0.5) is 30.7 Å². The third-order valence-corrected chi connectivity index (χ3v) is 5.59. The molecule has 216 valence electrons. The van der Waals surface area contributed by atoms with Crippen LogP contribution in [0.25, 0.3) is 0 Å². The van der Waals surface area contributed by atoms with E-state index in [0.29, 0.717) is 6.61 Å². The summed E-state index contributed by atoms with van der Waals surface area (Å²) in [5.74, 6) is -5.86. The number of halogens is 7. The molecule has 2 aromatic rings. The highest BCUT2D eigenvalue weighted by Crippen LogP contribution is 2.37. The van der Waals surface area contributed by atoms with E-state index in [4.69, 9.17) is 29.3 Å². The van der Waals surface area contributed by atoms with Crippen molar-refractivity contribution in [1.82, 2.24) is 14.9 Å². The highest BCUT2D eigenvalue weighted by atomic mass is 19.4. The Morgan fingerprint density at radius 2 is 1.54 bits per heavy atom. The molecule has 2 aliphatic rings. The van der Waals surface area contributed by atoms with Crippen molar-refractivity contribution >= 4 is 11.9 Å². The van der Waals surface area contributed by atoms with E-state index >= 15 is 0 Å². The van der Waals surface area contributed by atoms with Crippen molar-refractivity contribution in [3.8, 4) is 5.88 Å². The molecule has 2 fully saturated rings. The lowest BCUT2D eigenvalue weighted by molar-refractivity contribution is -0.193. The topological polar surface area (TPSA) is 122 Å². The zero-order valence-electron chi connectivity index (χ0n) is 20.1. The summed E-state index contributed by atoms with van der Waals surface area (Å²) >= 11 is 0. The van der Waals surface area contributed by atoms with Gasteiger partial charge in [-0.3, -0.25) is 9.88 Å². The molecule has 16 heteroatoms. The van der Waals surface area contributed by atoms with Gasteiger partial charge in [-0.2, -0.15) is 26.3 Å². The third kappa shape index (κ3) is 10.6. The van der Waals surface area contributed by atoms with Crippen molar-refractivity contribution < 1.29 is 60.0 Å². The van der Waals surface area contributed by atoms with Crippen molar-refractivity contribution in [1.29, 1.82) is 0 Å². The van der Waals surface area contributed by atoms with Crippen molar-refractivity contribution in [3.05, 3.63) is 54.2 Å². The zero-order chi connectivity index (χ0) is 29.3. The van der Waals surface area contributed by atoms with Crippen LogP contribution in [-0.2, 0) is 20.9 Å². The fourth-order valence-corrected chi connectivity index (χ4v) is 3.71. The van der Waals surface area contributed by atoms with E-state index in [2.05, 4.69) is 27.0 Å². The molecule has 0 amide bonds. The summed E-state index contributed by atoms with van der Waals surface area (Å²) in [6.45, 7) is 3.43. The minimum absolute atomic E-state index is 0.0725. The monoisotopic (exact) mass is 571 g/mol. The maximum Gasteiger partial charge on any atom is 0.490 e. The molecule has 9 nitrogen and oxygen atoms in total. The van der Waals surface area contributed by atoms with Gasteiger partial charge in [-0.1, -0.05) is 0 Å². The lowest BCUT2D eigenvalue weighted by Crippen LogP contribution is -2.44. The van der Waals surface area contributed by atoms with Gasteiger partial charge < -0.3 is 19.7 Å². The lowest BCUT2D eigenvalue weighted by Gasteiger charge is -2.38. The number of ether oxygens (including phenoxy) is 2. The second-order valence-electron chi connectivity index (χ2n) is 8.47. The number of carboxylic acid groups (broad SMARTS) is 2. The van der Waals surface area contributed by atoms with Gasteiger partial charge in [0.2, 0.25) is 0 Å². The second kappa shape index (κ2) is 13.5. The maximum absolute atomic E-state index is 13.7. The molecule has 2 saturated heterocycles.